The Hall–Kier alpha value is -1.99. The van der Waals surface area contributed by atoms with Crippen molar-refractivity contribution in [3.05, 3.63) is 53.8 Å². The van der Waals surface area contributed by atoms with Crippen molar-refractivity contribution in [2.75, 3.05) is 6.54 Å². The predicted molar refractivity (Wildman–Crippen MR) is 101 cm³/mol. The standard InChI is InChI=1S/C21H25NO2S/c1-3-6-19-7-4-5-16-22(21(19)15-12-18-10-11-18)25(23,24)20-13-8-17(2)9-14-20/h3,8-9,13-14,18H,1,4-7,10-11,16H2,2H3. The van der Waals surface area contributed by atoms with Crippen LogP contribution in [0.2, 0.25) is 0 Å². The summed E-state index contributed by atoms with van der Waals surface area (Å²) in [5, 5.41) is 0. The minimum atomic E-state index is -3.59. The topological polar surface area (TPSA) is 37.4 Å². The van der Waals surface area contributed by atoms with Gasteiger partial charge in [-0.25, -0.2) is 8.42 Å². The van der Waals surface area contributed by atoms with Gasteiger partial charge in [-0.15, -0.1) is 6.58 Å². The molecule has 0 unspecified atom stereocenters. The number of hydrogen-bond acceptors (Lipinski definition) is 2. The molecule has 3 rings (SSSR count). The smallest absolute Gasteiger partial charge is 0.259 e. The molecule has 2 aliphatic rings. The van der Waals surface area contributed by atoms with Crippen LogP contribution in [0.15, 0.2) is 53.1 Å². The summed E-state index contributed by atoms with van der Waals surface area (Å²) in [5.41, 5.74) is 2.83. The lowest BCUT2D eigenvalue weighted by molar-refractivity contribution is 0.480. The molecule has 1 aliphatic heterocycles. The van der Waals surface area contributed by atoms with Crippen molar-refractivity contribution in [3.8, 4) is 11.8 Å². The maximum Gasteiger partial charge on any atom is 0.264 e. The highest BCUT2D eigenvalue weighted by Crippen LogP contribution is 2.31. The molecule has 0 N–H and O–H groups in total. The summed E-state index contributed by atoms with van der Waals surface area (Å²) in [6.45, 7) is 6.28. The molecule has 0 saturated heterocycles. The first kappa shape index (κ1) is 17.8. The van der Waals surface area contributed by atoms with Gasteiger partial charge in [-0.2, -0.15) is 0 Å². The summed E-state index contributed by atoms with van der Waals surface area (Å²) in [7, 11) is -3.59. The van der Waals surface area contributed by atoms with Gasteiger partial charge >= 0.3 is 0 Å². The molecule has 1 fully saturated rings. The fourth-order valence-corrected chi connectivity index (χ4v) is 4.52. The van der Waals surface area contributed by atoms with Gasteiger partial charge in [-0.1, -0.05) is 29.7 Å². The lowest BCUT2D eigenvalue weighted by Crippen LogP contribution is -2.31. The molecular weight excluding hydrogens is 330 g/mol. The van der Waals surface area contributed by atoms with Crippen LogP contribution in [0.4, 0.5) is 0 Å². The Balaban J connectivity index is 2.06. The Morgan fingerprint density at radius 1 is 1.24 bits per heavy atom. The van der Waals surface area contributed by atoms with E-state index in [0.29, 0.717) is 29.5 Å². The molecule has 0 aromatic heterocycles. The molecule has 0 radical (unpaired) electrons. The van der Waals surface area contributed by atoms with E-state index in [4.69, 9.17) is 0 Å². The molecule has 0 amide bonds. The zero-order chi connectivity index (χ0) is 17.9. The highest BCUT2D eigenvalue weighted by molar-refractivity contribution is 7.89. The number of nitrogens with zero attached hydrogens (tertiary/aromatic N) is 1. The number of aryl methyl sites for hydroxylation is 1. The van der Waals surface area contributed by atoms with Crippen molar-refractivity contribution in [1.82, 2.24) is 4.31 Å². The van der Waals surface area contributed by atoms with E-state index in [1.807, 2.05) is 25.1 Å². The maximum atomic E-state index is 13.3. The van der Waals surface area contributed by atoms with Crippen LogP contribution in [0.1, 0.15) is 44.1 Å². The third kappa shape index (κ3) is 4.16. The van der Waals surface area contributed by atoms with Crippen molar-refractivity contribution in [2.45, 2.75) is 50.3 Å². The van der Waals surface area contributed by atoms with Crippen molar-refractivity contribution in [3.63, 3.8) is 0 Å². The maximum absolute atomic E-state index is 13.3. The van der Waals surface area contributed by atoms with Crippen LogP contribution in [0.3, 0.4) is 0 Å². The predicted octanol–water partition coefficient (Wildman–Crippen LogP) is 4.41. The van der Waals surface area contributed by atoms with Gasteiger partial charge in [0.25, 0.3) is 10.0 Å². The number of sulfonamides is 1. The molecule has 0 spiro atoms. The van der Waals surface area contributed by atoms with Crippen molar-refractivity contribution in [2.24, 2.45) is 5.92 Å². The molecule has 132 valence electrons. The fourth-order valence-electron chi connectivity index (χ4n) is 3.00. The van der Waals surface area contributed by atoms with Crippen LogP contribution in [-0.4, -0.2) is 19.3 Å². The SMILES string of the molecule is C=CCC1=C(C#CC2CC2)N(S(=O)(=O)c2ccc(C)cc2)CCCC1. The number of hydrogen-bond donors (Lipinski definition) is 0. The van der Waals surface area contributed by atoms with Gasteiger partial charge in [0.15, 0.2) is 0 Å². The largest absolute Gasteiger partial charge is 0.264 e. The van der Waals surface area contributed by atoms with E-state index in [1.54, 1.807) is 16.4 Å². The molecule has 1 saturated carbocycles. The molecule has 3 nitrogen and oxygen atoms in total. The van der Waals surface area contributed by atoms with Gasteiger partial charge in [0, 0.05) is 12.5 Å². The Labute approximate surface area is 151 Å². The number of allylic oxidation sites excluding steroid dienone is 3. The normalized spacial score (nSPS) is 18.4. The van der Waals surface area contributed by atoms with Crippen LogP contribution in [0.5, 0.6) is 0 Å². The van der Waals surface area contributed by atoms with Gasteiger partial charge in [0.05, 0.1) is 4.90 Å². The quantitative estimate of drug-likeness (QED) is 0.592. The third-order valence-corrected chi connectivity index (χ3v) is 6.46. The van der Waals surface area contributed by atoms with Gasteiger partial charge in [-0.05, 0) is 69.1 Å². The van der Waals surface area contributed by atoms with E-state index in [2.05, 4.69) is 18.4 Å². The lowest BCUT2D eigenvalue weighted by atomic mass is 10.0. The number of rotatable bonds is 4. The minimum absolute atomic E-state index is 0.337. The molecule has 0 bridgehead atoms. The summed E-state index contributed by atoms with van der Waals surface area (Å²) >= 11 is 0. The Bertz CT molecular complexity index is 834. The van der Waals surface area contributed by atoms with Crippen LogP contribution in [0, 0.1) is 24.7 Å². The van der Waals surface area contributed by atoms with E-state index >= 15 is 0 Å². The van der Waals surface area contributed by atoms with Crippen LogP contribution in [-0.2, 0) is 10.0 Å². The van der Waals surface area contributed by atoms with E-state index < -0.39 is 10.0 Å². The summed E-state index contributed by atoms with van der Waals surface area (Å²) < 4.78 is 28.1. The first-order valence-electron chi connectivity index (χ1n) is 8.96. The van der Waals surface area contributed by atoms with Crippen molar-refractivity contribution >= 4 is 10.0 Å². The van der Waals surface area contributed by atoms with E-state index in [1.165, 1.54) is 0 Å². The first-order valence-corrected chi connectivity index (χ1v) is 10.4. The molecule has 1 aromatic carbocycles. The van der Waals surface area contributed by atoms with E-state index in [-0.39, 0.29) is 0 Å². The van der Waals surface area contributed by atoms with Gasteiger partial charge < -0.3 is 0 Å². The van der Waals surface area contributed by atoms with Crippen LogP contribution < -0.4 is 0 Å². The van der Waals surface area contributed by atoms with Gasteiger partial charge in [0.2, 0.25) is 0 Å². The molecule has 25 heavy (non-hydrogen) atoms. The fraction of sp³-hybridized carbons (Fsp3) is 0.429. The average Bonchev–Trinajstić information content (AvgIpc) is 3.41. The van der Waals surface area contributed by atoms with E-state index in [0.717, 1.165) is 43.2 Å². The molecule has 1 aromatic rings. The Morgan fingerprint density at radius 2 is 1.96 bits per heavy atom. The molecule has 1 heterocycles. The van der Waals surface area contributed by atoms with Gasteiger partial charge in [0.1, 0.15) is 5.70 Å². The first-order chi connectivity index (χ1) is 12.0. The monoisotopic (exact) mass is 355 g/mol. The summed E-state index contributed by atoms with van der Waals surface area (Å²) in [6, 6.07) is 7.06. The van der Waals surface area contributed by atoms with Gasteiger partial charge in [-0.3, -0.25) is 4.31 Å². The summed E-state index contributed by atoms with van der Waals surface area (Å²) in [5.74, 6) is 6.92. The Kier molecular flexibility index (Phi) is 5.34. The average molecular weight is 356 g/mol. The van der Waals surface area contributed by atoms with Crippen LogP contribution >= 0.6 is 0 Å². The van der Waals surface area contributed by atoms with Crippen molar-refractivity contribution < 1.29 is 8.42 Å². The van der Waals surface area contributed by atoms with E-state index in [9.17, 15) is 8.42 Å². The number of benzene rings is 1. The molecular formula is C21H25NO2S. The summed E-state index contributed by atoms with van der Waals surface area (Å²) in [6.07, 6.45) is 7.51. The second kappa shape index (κ2) is 7.49. The highest BCUT2D eigenvalue weighted by Gasteiger charge is 2.29. The minimum Gasteiger partial charge on any atom is -0.259 e. The van der Waals surface area contributed by atoms with Crippen LogP contribution in [0.25, 0.3) is 0 Å². The third-order valence-electron chi connectivity index (χ3n) is 4.65. The molecule has 0 atom stereocenters. The Morgan fingerprint density at radius 3 is 2.60 bits per heavy atom. The molecule has 1 aliphatic carbocycles. The highest BCUT2D eigenvalue weighted by atomic mass is 32.2. The zero-order valence-electron chi connectivity index (χ0n) is 14.8. The van der Waals surface area contributed by atoms with Crippen molar-refractivity contribution in [1.29, 1.82) is 0 Å². The molecule has 4 heteroatoms. The lowest BCUT2D eigenvalue weighted by Gasteiger charge is -2.24. The zero-order valence-corrected chi connectivity index (χ0v) is 15.6. The summed E-state index contributed by atoms with van der Waals surface area (Å²) in [4.78, 5) is 0.337. The second-order valence-corrected chi connectivity index (χ2v) is 8.70. The second-order valence-electron chi connectivity index (χ2n) is 6.84.